The van der Waals surface area contributed by atoms with Crippen molar-refractivity contribution in [2.45, 2.75) is 90.4 Å². The van der Waals surface area contributed by atoms with E-state index >= 15 is 0 Å². The van der Waals surface area contributed by atoms with E-state index in [-0.39, 0.29) is 24.0 Å². The highest BCUT2D eigenvalue weighted by molar-refractivity contribution is 6.03. The fraction of sp³-hybridized carbons (Fsp3) is 0.667. The number of nitrogens with zero attached hydrogens (tertiary/aromatic N) is 2. The zero-order valence-electron chi connectivity index (χ0n) is 19.2. The summed E-state index contributed by atoms with van der Waals surface area (Å²) in [6.07, 6.45) is 6.38. The van der Waals surface area contributed by atoms with Crippen molar-refractivity contribution in [2.75, 3.05) is 13.2 Å². The second-order valence-electron chi connectivity index (χ2n) is 9.53. The summed E-state index contributed by atoms with van der Waals surface area (Å²) in [4.78, 5) is 28.9. The summed E-state index contributed by atoms with van der Waals surface area (Å²) in [5.74, 6) is 0.612. The van der Waals surface area contributed by atoms with E-state index in [0.717, 1.165) is 37.0 Å². The van der Waals surface area contributed by atoms with Crippen LogP contribution >= 0.6 is 0 Å². The zero-order valence-corrected chi connectivity index (χ0v) is 19.2. The third-order valence-electron chi connectivity index (χ3n) is 6.65. The van der Waals surface area contributed by atoms with E-state index in [0.29, 0.717) is 37.4 Å². The third kappa shape index (κ3) is 4.25. The number of carbonyl (C=O) groups excluding carboxylic acids is 2. The molecule has 170 valence electrons. The van der Waals surface area contributed by atoms with Gasteiger partial charge in [-0.1, -0.05) is 19.3 Å². The Morgan fingerprint density at radius 1 is 1.29 bits per heavy atom. The van der Waals surface area contributed by atoms with Crippen molar-refractivity contribution in [1.29, 1.82) is 0 Å². The van der Waals surface area contributed by atoms with Crippen molar-refractivity contribution in [1.82, 2.24) is 14.8 Å². The first-order chi connectivity index (χ1) is 14.8. The normalized spacial score (nSPS) is 22.4. The van der Waals surface area contributed by atoms with E-state index in [1.807, 2.05) is 38.3 Å². The summed E-state index contributed by atoms with van der Waals surface area (Å²) in [6.45, 7) is 9.24. The number of fused-ring (bicyclic) bond motifs is 3. The van der Waals surface area contributed by atoms with Gasteiger partial charge in [-0.05, 0) is 47.0 Å². The van der Waals surface area contributed by atoms with E-state index in [1.54, 1.807) is 11.0 Å². The fourth-order valence-electron chi connectivity index (χ4n) is 4.94. The van der Waals surface area contributed by atoms with Crippen molar-refractivity contribution < 1.29 is 18.7 Å². The molecule has 4 rings (SSSR count). The molecule has 0 aromatic carbocycles. The molecular weight excluding hydrogens is 394 g/mol. The number of aromatic nitrogens is 1. The lowest BCUT2D eigenvalue weighted by atomic mass is 9.91. The molecule has 0 spiro atoms. The van der Waals surface area contributed by atoms with Gasteiger partial charge in [0.25, 0.3) is 5.91 Å². The summed E-state index contributed by atoms with van der Waals surface area (Å²) >= 11 is 0. The fourth-order valence-corrected chi connectivity index (χ4v) is 4.94. The molecule has 1 N–H and O–H groups in total. The molecule has 1 aliphatic carbocycles. The van der Waals surface area contributed by atoms with Crippen LogP contribution in [0.1, 0.15) is 75.5 Å². The van der Waals surface area contributed by atoms with Gasteiger partial charge in [0.05, 0.1) is 18.2 Å². The maximum Gasteiger partial charge on any atom is 0.271 e. The van der Waals surface area contributed by atoms with Gasteiger partial charge in [-0.2, -0.15) is 0 Å². The molecular formula is C24H35N3O4. The Morgan fingerprint density at radius 3 is 2.74 bits per heavy atom. The number of rotatable bonds is 7. The minimum atomic E-state index is -0.962. The first kappa shape index (κ1) is 21.9. The molecule has 0 saturated heterocycles. The number of furan rings is 1. The number of hydrogen-bond donors (Lipinski definition) is 1. The highest BCUT2D eigenvalue weighted by Gasteiger charge is 2.48. The zero-order chi connectivity index (χ0) is 22.2. The highest BCUT2D eigenvalue weighted by Crippen LogP contribution is 2.34. The maximum atomic E-state index is 13.6. The molecule has 1 saturated carbocycles. The van der Waals surface area contributed by atoms with Gasteiger partial charge in [-0.3, -0.25) is 9.59 Å². The molecule has 2 aromatic heterocycles. The predicted molar refractivity (Wildman–Crippen MR) is 119 cm³/mol. The van der Waals surface area contributed by atoms with Crippen LogP contribution in [0.2, 0.25) is 0 Å². The summed E-state index contributed by atoms with van der Waals surface area (Å²) in [5, 5.41) is 3.26. The van der Waals surface area contributed by atoms with Gasteiger partial charge in [0.1, 0.15) is 17.0 Å². The summed E-state index contributed by atoms with van der Waals surface area (Å²) in [5.41, 5.74) is 1.19. The molecule has 3 heterocycles. The SMILES string of the molecule is Cc1cc2c(cc3n2C[C@@](C)(C(=O)NC2CCCCC2)N(CCCOC(C)C)C3=O)o1. The maximum absolute atomic E-state index is 13.6. The average molecular weight is 430 g/mol. The lowest BCUT2D eigenvalue weighted by Gasteiger charge is -2.44. The van der Waals surface area contributed by atoms with Crippen molar-refractivity contribution in [3.05, 3.63) is 23.6 Å². The summed E-state index contributed by atoms with van der Waals surface area (Å²) < 4.78 is 13.4. The van der Waals surface area contributed by atoms with Gasteiger partial charge in [0, 0.05) is 31.3 Å². The van der Waals surface area contributed by atoms with Crippen LogP contribution in [0.3, 0.4) is 0 Å². The van der Waals surface area contributed by atoms with Crippen LogP contribution in [0.25, 0.3) is 11.1 Å². The van der Waals surface area contributed by atoms with Crippen LogP contribution < -0.4 is 5.32 Å². The monoisotopic (exact) mass is 429 g/mol. The number of carbonyl (C=O) groups is 2. The second-order valence-corrected chi connectivity index (χ2v) is 9.53. The molecule has 0 bridgehead atoms. The smallest absolute Gasteiger partial charge is 0.271 e. The summed E-state index contributed by atoms with van der Waals surface area (Å²) in [7, 11) is 0. The van der Waals surface area contributed by atoms with Crippen LogP contribution in [-0.4, -0.2) is 52.1 Å². The molecule has 1 fully saturated rings. The largest absolute Gasteiger partial charge is 0.460 e. The number of amides is 2. The van der Waals surface area contributed by atoms with Gasteiger partial charge >= 0.3 is 0 Å². The molecule has 1 atom stereocenters. The molecule has 0 radical (unpaired) electrons. The first-order valence-corrected chi connectivity index (χ1v) is 11.6. The number of nitrogens with one attached hydrogen (secondary N) is 1. The van der Waals surface area contributed by atoms with Crippen LogP contribution in [0.4, 0.5) is 0 Å². The number of hydrogen-bond acceptors (Lipinski definition) is 4. The Kier molecular flexibility index (Phi) is 6.15. The van der Waals surface area contributed by atoms with E-state index in [2.05, 4.69) is 5.32 Å². The van der Waals surface area contributed by atoms with Gasteiger partial charge < -0.3 is 23.9 Å². The van der Waals surface area contributed by atoms with E-state index < -0.39 is 5.54 Å². The van der Waals surface area contributed by atoms with Gasteiger partial charge in [-0.25, -0.2) is 0 Å². The standard InChI is InChI=1S/C24H35N3O4/c1-16(2)30-12-8-11-27-22(28)20-14-21-19(13-17(3)31-21)26(20)15-24(27,4)23(29)25-18-9-6-5-7-10-18/h13-14,16,18H,5-12,15H2,1-4H3,(H,25,29)/t24-/m0/s1. The van der Waals surface area contributed by atoms with Gasteiger partial charge in [0.15, 0.2) is 5.58 Å². The molecule has 2 aliphatic rings. The number of aryl methyl sites for hydroxylation is 1. The quantitative estimate of drug-likeness (QED) is 0.675. The van der Waals surface area contributed by atoms with Gasteiger partial charge in [-0.15, -0.1) is 0 Å². The Bertz CT molecular complexity index is 954. The molecule has 7 heteroatoms. The van der Waals surface area contributed by atoms with Crippen LogP contribution in [0.15, 0.2) is 16.5 Å². The highest BCUT2D eigenvalue weighted by atomic mass is 16.5. The second kappa shape index (κ2) is 8.69. The van der Waals surface area contributed by atoms with E-state index in [1.165, 1.54) is 6.42 Å². The Balaban J connectivity index is 1.62. The van der Waals surface area contributed by atoms with Gasteiger partial charge in [0.2, 0.25) is 5.91 Å². The van der Waals surface area contributed by atoms with Crippen molar-refractivity contribution in [3.63, 3.8) is 0 Å². The molecule has 7 nitrogen and oxygen atoms in total. The van der Waals surface area contributed by atoms with E-state index in [4.69, 9.17) is 9.15 Å². The lowest BCUT2D eigenvalue weighted by Crippen LogP contribution is -2.65. The lowest BCUT2D eigenvalue weighted by molar-refractivity contribution is -0.134. The third-order valence-corrected chi connectivity index (χ3v) is 6.65. The topological polar surface area (TPSA) is 76.7 Å². The number of ether oxygens (including phenoxy) is 1. The molecule has 1 aliphatic heterocycles. The Hall–Kier alpha value is -2.28. The van der Waals surface area contributed by atoms with Crippen LogP contribution in [0.5, 0.6) is 0 Å². The van der Waals surface area contributed by atoms with Crippen LogP contribution in [-0.2, 0) is 16.1 Å². The Labute approximate surface area is 184 Å². The minimum absolute atomic E-state index is 0.0646. The molecule has 2 aromatic rings. The molecule has 0 unspecified atom stereocenters. The molecule has 2 amide bonds. The van der Waals surface area contributed by atoms with Crippen molar-refractivity contribution >= 4 is 22.9 Å². The minimum Gasteiger partial charge on any atom is -0.460 e. The average Bonchev–Trinajstić information content (AvgIpc) is 3.24. The van der Waals surface area contributed by atoms with Crippen molar-refractivity contribution in [3.8, 4) is 0 Å². The predicted octanol–water partition coefficient (Wildman–Crippen LogP) is 4.02. The molecule has 31 heavy (non-hydrogen) atoms. The van der Waals surface area contributed by atoms with Crippen LogP contribution in [0, 0.1) is 6.92 Å². The first-order valence-electron chi connectivity index (χ1n) is 11.6. The van der Waals surface area contributed by atoms with Crippen molar-refractivity contribution in [2.24, 2.45) is 0 Å². The summed E-state index contributed by atoms with van der Waals surface area (Å²) in [6, 6.07) is 3.94. The van der Waals surface area contributed by atoms with E-state index in [9.17, 15) is 9.59 Å². The Morgan fingerprint density at radius 2 is 2.03 bits per heavy atom.